The van der Waals surface area contributed by atoms with Crippen LogP contribution >= 0.6 is 11.6 Å². The molecule has 3 heteroatoms. The number of methoxy groups -OCH3 is 1. The third-order valence-corrected chi connectivity index (χ3v) is 3.96. The summed E-state index contributed by atoms with van der Waals surface area (Å²) in [5.74, 6) is 2.14. The van der Waals surface area contributed by atoms with Crippen LogP contribution in [0.5, 0.6) is 11.5 Å². The molecule has 0 heterocycles. The summed E-state index contributed by atoms with van der Waals surface area (Å²) in [5, 5.41) is 0. The Morgan fingerprint density at radius 3 is 2.24 bits per heavy atom. The Balaban J connectivity index is 2.17. The molecule has 0 aliphatic carbocycles. The number of rotatable bonds is 12. The molecule has 0 saturated heterocycles. The van der Waals surface area contributed by atoms with E-state index in [0.717, 1.165) is 30.1 Å². The second-order valence-corrected chi connectivity index (χ2v) is 5.70. The molecule has 1 aromatic rings. The van der Waals surface area contributed by atoms with Crippen LogP contribution in [0, 0.1) is 0 Å². The van der Waals surface area contributed by atoms with Crippen molar-refractivity contribution in [3.8, 4) is 11.5 Å². The van der Waals surface area contributed by atoms with Crippen LogP contribution in [0.4, 0.5) is 0 Å². The molecule has 0 aliphatic heterocycles. The monoisotopic (exact) mass is 312 g/mol. The summed E-state index contributed by atoms with van der Waals surface area (Å²) in [6, 6.07) is 5.80. The van der Waals surface area contributed by atoms with Gasteiger partial charge in [0.1, 0.15) is 11.5 Å². The average molecular weight is 313 g/mol. The molecule has 0 atom stereocenters. The minimum absolute atomic E-state index is 0.469. The molecule has 0 fully saturated rings. The average Bonchev–Trinajstić information content (AvgIpc) is 2.53. The van der Waals surface area contributed by atoms with Crippen LogP contribution in [0.3, 0.4) is 0 Å². The highest BCUT2D eigenvalue weighted by Gasteiger charge is 2.05. The van der Waals surface area contributed by atoms with Gasteiger partial charge in [0.05, 0.1) is 19.6 Å². The predicted molar refractivity (Wildman–Crippen MR) is 90.7 cm³/mol. The van der Waals surface area contributed by atoms with Crippen molar-refractivity contribution in [1.82, 2.24) is 0 Å². The summed E-state index contributed by atoms with van der Waals surface area (Å²) >= 11 is 5.93. The Labute approximate surface area is 134 Å². The molecular weight excluding hydrogens is 284 g/mol. The molecule has 120 valence electrons. The summed E-state index contributed by atoms with van der Waals surface area (Å²) in [4.78, 5) is 0. The lowest BCUT2D eigenvalue weighted by Crippen LogP contribution is -2.00. The highest BCUT2D eigenvalue weighted by Crippen LogP contribution is 2.26. The molecule has 1 aromatic carbocycles. The van der Waals surface area contributed by atoms with Crippen molar-refractivity contribution in [2.24, 2.45) is 0 Å². The van der Waals surface area contributed by atoms with Gasteiger partial charge in [-0.05, 0) is 12.5 Å². The SMILES string of the molecule is CCCCCCCCCCOc1cc(OC)ccc1CCl. The van der Waals surface area contributed by atoms with E-state index in [9.17, 15) is 0 Å². The number of benzene rings is 1. The zero-order chi connectivity index (χ0) is 15.3. The van der Waals surface area contributed by atoms with Gasteiger partial charge >= 0.3 is 0 Å². The second-order valence-electron chi connectivity index (χ2n) is 5.43. The van der Waals surface area contributed by atoms with Gasteiger partial charge in [0, 0.05) is 11.6 Å². The molecule has 0 aliphatic rings. The maximum absolute atomic E-state index is 5.93. The van der Waals surface area contributed by atoms with E-state index in [1.807, 2.05) is 18.2 Å². The number of unbranched alkanes of at least 4 members (excludes halogenated alkanes) is 7. The first-order chi connectivity index (χ1) is 10.3. The third kappa shape index (κ3) is 7.61. The second kappa shape index (κ2) is 11.7. The van der Waals surface area contributed by atoms with Crippen molar-refractivity contribution in [2.75, 3.05) is 13.7 Å². The first-order valence-electron chi connectivity index (χ1n) is 8.17. The lowest BCUT2D eigenvalue weighted by molar-refractivity contribution is 0.300. The van der Waals surface area contributed by atoms with Crippen LogP contribution in [-0.2, 0) is 5.88 Å². The van der Waals surface area contributed by atoms with Crippen LogP contribution in [0.25, 0.3) is 0 Å². The first-order valence-corrected chi connectivity index (χ1v) is 8.71. The van der Waals surface area contributed by atoms with Gasteiger partial charge in [-0.3, -0.25) is 0 Å². The van der Waals surface area contributed by atoms with E-state index in [2.05, 4.69) is 6.92 Å². The topological polar surface area (TPSA) is 18.5 Å². The fourth-order valence-corrected chi connectivity index (χ4v) is 2.55. The highest BCUT2D eigenvalue weighted by molar-refractivity contribution is 6.17. The molecular formula is C18H29ClO2. The van der Waals surface area contributed by atoms with Gasteiger partial charge < -0.3 is 9.47 Å². The largest absolute Gasteiger partial charge is 0.497 e. The smallest absolute Gasteiger partial charge is 0.127 e. The third-order valence-electron chi connectivity index (χ3n) is 3.67. The standard InChI is InChI=1S/C18H29ClO2/c1-3-4-5-6-7-8-9-10-13-21-18-14-17(20-2)12-11-16(18)15-19/h11-12,14H,3-10,13,15H2,1-2H3. The molecule has 0 bridgehead atoms. The molecule has 0 unspecified atom stereocenters. The maximum Gasteiger partial charge on any atom is 0.127 e. The van der Waals surface area contributed by atoms with Crippen molar-refractivity contribution in [2.45, 2.75) is 64.2 Å². The number of alkyl halides is 1. The molecule has 0 saturated carbocycles. The number of halogens is 1. The normalized spacial score (nSPS) is 10.6. The predicted octanol–water partition coefficient (Wildman–Crippen LogP) is 5.95. The Morgan fingerprint density at radius 2 is 1.62 bits per heavy atom. The van der Waals surface area contributed by atoms with Crippen LogP contribution in [0.15, 0.2) is 18.2 Å². The Bertz CT molecular complexity index is 379. The van der Waals surface area contributed by atoms with Crippen LogP contribution in [0.2, 0.25) is 0 Å². The van der Waals surface area contributed by atoms with Crippen LogP contribution in [0.1, 0.15) is 63.9 Å². The van der Waals surface area contributed by atoms with Crippen molar-refractivity contribution in [1.29, 1.82) is 0 Å². The van der Waals surface area contributed by atoms with Gasteiger partial charge in [-0.2, -0.15) is 0 Å². The van der Waals surface area contributed by atoms with Gasteiger partial charge in [0.15, 0.2) is 0 Å². The number of ether oxygens (including phenoxy) is 2. The molecule has 0 amide bonds. The van der Waals surface area contributed by atoms with Crippen LogP contribution < -0.4 is 9.47 Å². The van der Waals surface area contributed by atoms with Crippen molar-refractivity contribution < 1.29 is 9.47 Å². The summed E-state index contributed by atoms with van der Waals surface area (Å²) in [7, 11) is 1.66. The molecule has 0 N–H and O–H groups in total. The van der Waals surface area contributed by atoms with E-state index in [-0.39, 0.29) is 0 Å². The quantitative estimate of drug-likeness (QED) is 0.350. The van der Waals surface area contributed by atoms with Gasteiger partial charge in [0.2, 0.25) is 0 Å². The van der Waals surface area contributed by atoms with Gasteiger partial charge in [-0.25, -0.2) is 0 Å². The summed E-state index contributed by atoms with van der Waals surface area (Å²) in [6.07, 6.45) is 10.5. The van der Waals surface area contributed by atoms with E-state index >= 15 is 0 Å². The fourth-order valence-electron chi connectivity index (χ4n) is 2.32. The van der Waals surface area contributed by atoms with Crippen molar-refractivity contribution >= 4 is 11.6 Å². The first kappa shape index (κ1) is 18.2. The Kier molecular flexibility index (Phi) is 10.1. The molecule has 21 heavy (non-hydrogen) atoms. The molecule has 0 radical (unpaired) electrons. The van der Waals surface area contributed by atoms with Crippen LogP contribution in [-0.4, -0.2) is 13.7 Å². The summed E-state index contributed by atoms with van der Waals surface area (Å²) in [6.45, 7) is 3.01. The minimum atomic E-state index is 0.469. The van der Waals surface area contributed by atoms with Crippen molar-refractivity contribution in [3.05, 3.63) is 23.8 Å². The van der Waals surface area contributed by atoms with Gasteiger partial charge in [0.25, 0.3) is 0 Å². The lowest BCUT2D eigenvalue weighted by atomic mass is 10.1. The van der Waals surface area contributed by atoms with Crippen molar-refractivity contribution in [3.63, 3.8) is 0 Å². The molecule has 0 aromatic heterocycles. The minimum Gasteiger partial charge on any atom is -0.497 e. The molecule has 0 spiro atoms. The zero-order valence-electron chi connectivity index (χ0n) is 13.5. The van der Waals surface area contributed by atoms with E-state index in [1.165, 1.54) is 44.9 Å². The zero-order valence-corrected chi connectivity index (χ0v) is 14.3. The number of hydrogen-bond donors (Lipinski definition) is 0. The van der Waals surface area contributed by atoms with E-state index in [4.69, 9.17) is 21.1 Å². The Morgan fingerprint density at radius 1 is 0.952 bits per heavy atom. The summed E-state index contributed by atoms with van der Waals surface area (Å²) < 4.78 is 11.1. The maximum atomic E-state index is 5.93. The number of hydrogen-bond acceptors (Lipinski definition) is 2. The molecule has 1 rings (SSSR count). The fraction of sp³-hybridized carbons (Fsp3) is 0.667. The summed E-state index contributed by atoms with van der Waals surface area (Å²) in [5.41, 5.74) is 1.03. The van der Waals surface area contributed by atoms with E-state index in [1.54, 1.807) is 7.11 Å². The van der Waals surface area contributed by atoms with E-state index in [0.29, 0.717) is 5.88 Å². The highest BCUT2D eigenvalue weighted by atomic mass is 35.5. The Hall–Kier alpha value is -0.890. The lowest BCUT2D eigenvalue weighted by Gasteiger charge is -2.11. The van der Waals surface area contributed by atoms with Gasteiger partial charge in [-0.1, -0.05) is 57.9 Å². The molecule has 2 nitrogen and oxygen atoms in total. The van der Waals surface area contributed by atoms with E-state index < -0.39 is 0 Å². The van der Waals surface area contributed by atoms with Gasteiger partial charge in [-0.15, -0.1) is 11.6 Å².